The van der Waals surface area contributed by atoms with Gasteiger partial charge in [-0.15, -0.1) is 0 Å². The lowest BCUT2D eigenvalue weighted by Crippen LogP contribution is -2.51. The highest BCUT2D eigenvalue weighted by Crippen LogP contribution is 2.24. The summed E-state index contributed by atoms with van der Waals surface area (Å²) in [6.07, 6.45) is 4.80. The molecule has 0 spiro atoms. The monoisotopic (exact) mass is 198 g/mol. The lowest BCUT2D eigenvalue weighted by Gasteiger charge is -2.35. The minimum Gasteiger partial charge on any atom is -0.367 e. The fraction of sp³-hybridized carbons (Fsp3) is 0.900. The number of primary amides is 1. The number of hydrogen-bond acceptors (Lipinski definition) is 3. The Kier molecular flexibility index (Phi) is 3.03. The fourth-order valence-electron chi connectivity index (χ4n) is 2.44. The maximum atomic E-state index is 11.0. The first-order valence-electron chi connectivity index (χ1n) is 5.42. The summed E-state index contributed by atoms with van der Waals surface area (Å²) in [5.74, 6) is -0.326. The lowest BCUT2D eigenvalue weighted by atomic mass is 10.1. The van der Waals surface area contributed by atoms with Gasteiger partial charge >= 0.3 is 0 Å². The summed E-state index contributed by atoms with van der Waals surface area (Å²) in [6.45, 7) is 2.29. The molecule has 4 heteroatoms. The summed E-state index contributed by atoms with van der Waals surface area (Å²) in [5.41, 5.74) is 5.24. The van der Waals surface area contributed by atoms with Crippen molar-refractivity contribution < 1.29 is 9.53 Å². The van der Waals surface area contributed by atoms with Gasteiger partial charge < -0.3 is 10.5 Å². The van der Waals surface area contributed by atoms with Gasteiger partial charge in [-0.1, -0.05) is 12.8 Å². The summed E-state index contributed by atoms with van der Waals surface area (Å²) in [7, 11) is 0. The third kappa shape index (κ3) is 2.07. The number of rotatable bonds is 2. The first kappa shape index (κ1) is 9.93. The third-order valence-corrected chi connectivity index (χ3v) is 3.26. The van der Waals surface area contributed by atoms with Crippen molar-refractivity contribution in [3.63, 3.8) is 0 Å². The van der Waals surface area contributed by atoms with Crippen LogP contribution in [0.1, 0.15) is 25.7 Å². The molecule has 0 aromatic carbocycles. The molecular formula is C10H18N2O2. The molecule has 1 amide bonds. The number of ether oxygens (including phenoxy) is 1. The van der Waals surface area contributed by atoms with E-state index in [4.69, 9.17) is 10.5 Å². The number of nitrogens with two attached hydrogens (primary N) is 1. The van der Waals surface area contributed by atoms with Crippen LogP contribution >= 0.6 is 0 Å². The van der Waals surface area contributed by atoms with Gasteiger partial charge in [-0.2, -0.15) is 0 Å². The highest BCUT2D eigenvalue weighted by atomic mass is 16.5. The Morgan fingerprint density at radius 3 is 2.71 bits per heavy atom. The average molecular weight is 198 g/mol. The van der Waals surface area contributed by atoms with Crippen molar-refractivity contribution in [1.82, 2.24) is 4.90 Å². The second kappa shape index (κ2) is 4.28. The second-order valence-corrected chi connectivity index (χ2v) is 4.20. The van der Waals surface area contributed by atoms with E-state index in [1.165, 1.54) is 25.7 Å². The topological polar surface area (TPSA) is 55.6 Å². The predicted octanol–water partition coefficient (Wildman–Crippen LogP) is 0.115. The van der Waals surface area contributed by atoms with Gasteiger partial charge in [-0.05, 0) is 12.8 Å². The molecule has 0 aromatic heterocycles. The van der Waals surface area contributed by atoms with E-state index >= 15 is 0 Å². The Balaban J connectivity index is 1.89. The van der Waals surface area contributed by atoms with Crippen molar-refractivity contribution in [2.24, 2.45) is 5.73 Å². The molecule has 1 saturated heterocycles. The Labute approximate surface area is 84.4 Å². The minimum absolute atomic E-state index is 0.326. The number of hydrogen-bond donors (Lipinski definition) is 1. The van der Waals surface area contributed by atoms with Crippen molar-refractivity contribution in [2.75, 3.05) is 19.7 Å². The van der Waals surface area contributed by atoms with Crippen molar-refractivity contribution in [3.8, 4) is 0 Å². The van der Waals surface area contributed by atoms with Crippen LogP contribution in [-0.4, -0.2) is 42.6 Å². The van der Waals surface area contributed by atoms with Gasteiger partial charge in [-0.3, -0.25) is 9.69 Å². The van der Waals surface area contributed by atoms with Crippen LogP contribution in [0.5, 0.6) is 0 Å². The van der Waals surface area contributed by atoms with Crippen LogP contribution in [0.4, 0.5) is 0 Å². The molecule has 80 valence electrons. The van der Waals surface area contributed by atoms with Gasteiger partial charge in [0.15, 0.2) is 0 Å². The van der Waals surface area contributed by atoms with Crippen molar-refractivity contribution in [1.29, 1.82) is 0 Å². The van der Waals surface area contributed by atoms with Gasteiger partial charge in [-0.25, -0.2) is 0 Å². The van der Waals surface area contributed by atoms with Crippen LogP contribution in [0, 0.1) is 0 Å². The summed E-state index contributed by atoms with van der Waals surface area (Å²) >= 11 is 0. The third-order valence-electron chi connectivity index (χ3n) is 3.26. The van der Waals surface area contributed by atoms with E-state index in [1.807, 2.05) is 0 Å². The Bertz CT molecular complexity index is 214. The molecule has 0 bridgehead atoms. The van der Waals surface area contributed by atoms with Crippen molar-refractivity contribution in [2.45, 2.75) is 37.8 Å². The molecular weight excluding hydrogens is 180 g/mol. The highest BCUT2D eigenvalue weighted by molar-refractivity contribution is 5.79. The molecule has 2 aliphatic rings. The quantitative estimate of drug-likeness (QED) is 0.685. The molecule has 1 saturated carbocycles. The van der Waals surface area contributed by atoms with Crippen molar-refractivity contribution in [3.05, 3.63) is 0 Å². The Morgan fingerprint density at radius 2 is 2.07 bits per heavy atom. The molecule has 1 atom stereocenters. The first-order valence-corrected chi connectivity index (χ1v) is 5.42. The first-order chi connectivity index (χ1) is 6.77. The van der Waals surface area contributed by atoms with E-state index in [9.17, 15) is 4.79 Å². The zero-order valence-electron chi connectivity index (χ0n) is 8.45. The van der Waals surface area contributed by atoms with Crippen LogP contribution < -0.4 is 5.73 Å². The van der Waals surface area contributed by atoms with Gasteiger partial charge in [0.2, 0.25) is 5.91 Å². The molecule has 1 aliphatic carbocycles. The fourth-order valence-corrected chi connectivity index (χ4v) is 2.44. The molecule has 1 aliphatic heterocycles. The number of amides is 1. The zero-order valence-corrected chi connectivity index (χ0v) is 8.45. The van der Waals surface area contributed by atoms with Crippen LogP contribution in [-0.2, 0) is 9.53 Å². The van der Waals surface area contributed by atoms with E-state index in [1.54, 1.807) is 0 Å². The molecule has 1 unspecified atom stereocenters. The van der Waals surface area contributed by atoms with Gasteiger partial charge in [0.25, 0.3) is 0 Å². The maximum Gasteiger partial charge on any atom is 0.247 e. The van der Waals surface area contributed by atoms with Crippen LogP contribution in [0.3, 0.4) is 0 Å². The smallest absolute Gasteiger partial charge is 0.247 e. The van der Waals surface area contributed by atoms with E-state index in [0.717, 1.165) is 6.54 Å². The Morgan fingerprint density at radius 1 is 1.36 bits per heavy atom. The summed E-state index contributed by atoms with van der Waals surface area (Å²) < 4.78 is 5.31. The second-order valence-electron chi connectivity index (χ2n) is 4.20. The minimum atomic E-state index is -0.385. The highest BCUT2D eigenvalue weighted by Gasteiger charge is 2.30. The molecule has 14 heavy (non-hydrogen) atoms. The summed E-state index contributed by atoms with van der Waals surface area (Å²) in [4.78, 5) is 13.4. The number of nitrogens with zero attached hydrogens (tertiary/aromatic N) is 1. The normalized spacial score (nSPS) is 30.7. The summed E-state index contributed by atoms with van der Waals surface area (Å²) in [6, 6.07) is 0.667. The molecule has 1 heterocycles. The van der Waals surface area contributed by atoms with Gasteiger partial charge in [0.1, 0.15) is 6.10 Å². The number of carbonyl (C=O) groups excluding carboxylic acids is 1. The molecule has 2 N–H and O–H groups in total. The number of morpholine rings is 1. The number of carbonyl (C=O) groups is 1. The lowest BCUT2D eigenvalue weighted by molar-refractivity contribution is -0.136. The summed E-state index contributed by atoms with van der Waals surface area (Å²) in [5, 5.41) is 0. The van der Waals surface area contributed by atoms with Gasteiger partial charge in [0, 0.05) is 19.1 Å². The molecule has 0 radical (unpaired) electrons. The van der Waals surface area contributed by atoms with Crippen LogP contribution in [0.2, 0.25) is 0 Å². The van der Waals surface area contributed by atoms with E-state index in [2.05, 4.69) is 4.90 Å². The zero-order chi connectivity index (χ0) is 9.97. The molecule has 2 fully saturated rings. The van der Waals surface area contributed by atoms with Crippen LogP contribution in [0.15, 0.2) is 0 Å². The Hall–Kier alpha value is -0.610. The van der Waals surface area contributed by atoms with Crippen molar-refractivity contribution >= 4 is 5.91 Å². The molecule has 2 rings (SSSR count). The van der Waals surface area contributed by atoms with E-state index < -0.39 is 0 Å². The van der Waals surface area contributed by atoms with Crippen LogP contribution in [0.25, 0.3) is 0 Å². The standard InChI is InChI=1S/C10H18N2O2/c11-10(13)9-7-12(5-6-14-9)8-3-1-2-4-8/h8-9H,1-7H2,(H2,11,13). The molecule has 4 nitrogen and oxygen atoms in total. The average Bonchev–Trinajstić information content (AvgIpc) is 2.71. The SMILES string of the molecule is NC(=O)C1CN(C2CCCC2)CCO1. The van der Waals surface area contributed by atoms with Gasteiger partial charge in [0.05, 0.1) is 6.61 Å². The largest absolute Gasteiger partial charge is 0.367 e. The van der Waals surface area contributed by atoms with E-state index in [0.29, 0.717) is 19.2 Å². The van der Waals surface area contributed by atoms with E-state index in [-0.39, 0.29) is 12.0 Å². The molecule has 0 aromatic rings. The maximum absolute atomic E-state index is 11.0. The predicted molar refractivity (Wildman–Crippen MR) is 52.8 cm³/mol.